The van der Waals surface area contributed by atoms with Gasteiger partial charge in [-0.05, 0) is 46.2 Å². The van der Waals surface area contributed by atoms with E-state index in [0.717, 1.165) is 26.1 Å². The maximum absolute atomic E-state index is 12.2. The zero-order valence-electron chi connectivity index (χ0n) is 10.3. The summed E-state index contributed by atoms with van der Waals surface area (Å²) < 4.78 is 0. The monoisotopic (exact) mass is 223 g/mol. The minimum absolute atomic E-state index is 0.128. The summed E-state index contributed by atoms with van der Waals surface area (Å²) in [7, 11) is 4.28. The van der Waals surface area contributed by atoms with Gasteiger partial charge in [-0.3, -0.25) is 10.1 Å². The Morgan fingerprint density at radius 1 is 1.31 bits per heavy atom. The van der Waals surface area contributed by atoms with E-state index in [1.807, 2.05) is 4.90 Å². The van der Waals surface area contributed by atoms with Gasteiger partial charge < -0.3 is 9.80 Å². The highest BCUT2D eigenvalue weighted by Gasteiger charge is 2.57. The van der Waals surface area contributed by atoms with Crippen LogP contribution in [0.4, 0.5) is 0 Å². The van der Waals surface area contributed by atoms with Gasteiger partial charge in [-0.2, -0.15) is 0 Å². The van der Waals surface area contributed by atoms with Crippen molar-refractivity contribution < 1.29 is 4.79 Å². The highest BCUT2D eigenvalue weighted by molar-refractivity contribution is 5.91. The summed E-state index contributed by atoms with van der Waals surface area (Å²) in [6.45, 7) is 1.67. The molecule has 3 fully saturated rings. The summed E-state index contributed by atoms with van der Waals surface area (Å²) in [6.07, 6.45) is 5.85. The maximum atomic E-state index is 12.2. The molecule has 0 radical (unpaired) electrons. The predicted octanol–water partition coefficient (Wildman–Crippen LogP) is 0.393. The molecular weight excluding hydrogens is 202 g/mol. The standard InChI is InChI=1S/C12H21N3O/c1-14(2)11(4-3-5-11)8-15-9-13-12(6-7-12)10(15)16/h13H,3-9H2,1-2H3. The lowest BCUT2D eigenvalue weighted by Gasteiger charge is -2.49. The Morgan fingerprint density at radius 2 is 2.00 bits per heavy atom. The predicted molar refractivity (Wildman–Crippen MR) is 61.9 cm³/mol. The zero-order valence-corrected chi connectivity index (χ0v) is 10.3. The van der Waals surface area contributed by atoms with E-state index in [1.165, 1.54) is 19.3 Å². The molecule has 1 aliphatic heterocycles. The van der Waals surface area contributed by atoms with Gasteiger partial charge in [0.1, 0.15) is 0 Å². The molecule has 0 aromatic heterocycles. The number of amides is 1. The smallest absolute Gasteiger partial charge is 0.244 e. The molecular formula is C12H21N3O. The van der Waals surface area contributed by atoms with Crippen molar-refractivity contribution in [3.05, 3.63) is 0 Å². The van der Waals surface area contributed by atoms with Gasteiger partial charge in [-0.25, -0.2) is 0 Å². The summed E-state index contributed by atoms with van der Waals surface area (Å²) in [4.78, 5) is 16.5. The average Bonchev–Trinajstić information content (AvgIpc) is 2.88. The molecule has 0 bridgehead atoms. The molecule has 1 N–H and O–H groups in total. The van der Waals surface area contributed by atoms with Crippen LogP contribution in [0, 0.1) is 0 Å². The van der Waals surface area contributed by atoms with Gasteiger partial charge >= 0.3 is 0 Å². The van der Waals surface area contributed by atoms with E-state index in [-0.39, 0.29) is 11.1 Å². The van der Waals surface area contributed by atoms with Crippen LogP contribution in [0.5, 0.6) is 0 Å². The summed E-state index contributed by atoms with van der Waals surface area (Å²) >= 11 is 0. The molecule has 3 rings (SSSR count). The molecule has 90 valence electrons. The van der Waals surface area contributed by atoms with Crippen LogP contribution in [0.25, 0.3) is 0 Å². The Bertz CT molecular complexity index is 318. The van der Waals surface area contributed by atoms with E-state index in [1.54, 1.807) is 0 Å². The molecule has 1 amide bonds. The second-order valence-corrected chi connectivity index (χ2v) is 5.89. The number of carbonyl (C=O) groups excluding carboxylic acids is 1. The quantitative estimate of drug-likeness (QED) is 0.752. The lowest BCUT2D eigenvalue weighted by molar-refractivity contribution is -0.132. The van der Waals surface area contributed by atoms with Crippen LogP contribution in [0.3, 0.4) is 0 Å². The fraction of sp³-hybridized carbons (Fsp3) is 0.917. The molecule has 1 heterocycles. The highest BCUT2D eigenvalue weighted by atomic mass is 16.2. The molecule has 1 spiro atoms. The first-order chi connectivity index (χ1) is 7.58. The molecule has 4 heteroatoms. The van der Waals surface area contributed by atoms with Crippen LogP contribution >= 0.6 is 0 Å². The first-order valence-electron chi connectivity index (χ1n) is 6.30. The SMILES string of the molecule is CN(C)C1(CN2CNC3(CC3)C2=O)CCC1. The highest BCUT2D eigenvalue weighted by Crippen LogP contribution is 2.43. The Morgan fingerprint density at radius 3 is 2.38 bits per heavy atom. The number of carbonyl (C=O) groups is 1. The second kappa shape index (κ2) is 3.20. The van der Waals surface area contributed by atoms with Crippen LogP contribution in [-0.2, 0) is 4.79 Å². The van der Waals surface area contributed by atoms with Gasteiger partial charge in [0, 0.05) is 12.1 Å². The summed E-state index contributed by atoms with van der Waals surface area (Å²) in [5.74, 6) is 0.348. The molecule has 16 heavy (non-hydrogen) atoms. The van der Waals surface area contributed by atoms with Gasteiger partial charge in [0.25, 0.3) is 0 Å². The Balaban J connectivity index is 1.69. The minimum atomic E-state index is -0.128. The van der Waals surface area contributed by atoms with Crippen LogP contribution in [0.2, 0.25) is 0 Å². The lowest BCUT2D eigenvalue weighted by atomic mass is 9.75. The average molecular weight is 223 g/mol. The Kier molecular flexibility index (Phi) is 2.11. The van der Waals surface area contributed by atoms with E-state index in [2.05, 4.69) is 24.3 Å². The number of rotatable bonds is 3. The third kappa shape index (κ3) is 1.32. The zero-order chi connectivity index (χ0) is 11.4. The van der Waals surface area contributed by atoms with Gasteiger partial charge in [0.05, 0.1) is 12.2 Å². The summed E-state index contributed by atoms with van der Waals surface area (Å²) in [6, 6.07) is 0. The number of hydrogen-bond donors (Lipinski definition) is 1. The fourth-order valence-electron chi connectivity index (χ4n) is 3.03. The molecule has 1 saturated heterocycles. The molecule has 0 aromatic carbocycles. The van der Waals surface area contributed by atoms with Crippen molar-refractivity contribution in [3.63, 3.8) is 0 Å². The third-order valence-corrected chi connectivity index (χ3v) is 4.77. The molecule has 3 aliphatic rings. The topological polar surface area (TPSA) is 35.6 Å². The van der Waals surface area contributed by atoms with Crippen LogP contribution < -0.4 is 5.32 Å². The Hall–Kier alpha value is -0.610. The molecule has 2 saturated carbocycles. The number of nitrogens with one attached hydrogen (secondary N) is 1. The third-order valence-electron chi connectivity index (χ3n) is 4.77. The van der Waals surface area contributed by atoms with Crippen LogP contribution in [-0.4, -0.2) is 54.1 Å². The molecule has 4 nitrogen and oxygen atoms in total. The van der Waals surface area contributed by atoms with Crippen LogP contribution in [0.1, 0.15) is 32.1 Å². The van der Waals surface area contributed by atoms with Crippen molar-refractivity contribution in [2.24, 2.45) is 0 Å². The van der Waals surface area contributed by atoms with Crippen molar-refractivity contribution in [2.45, 2.75) is 43.2 Å². The largest absolute Gasteiger partial charge is 0.326 e. The number of hydrogen-bond acceptors (Lipinski definition) is 3. The van der Waals surface area contributed by atoms with Gasteiger partial charge in [0.15, 0.2) is 0 Å². The first-order valence-corrected chi connectivity index (χ1v) is 6.30. The number of nitrogens with zero attached hydrogens (tertiary/aromatic N) is 2. The molecule has 0 atom stereocenters. The van der Waals surface area contributed by atoms with E-state index in [4.69, 9.17) is 0 Å². The van der Waals surface area contributed by atoms with Crippen molar-refractivity contribution in [1.29, 1.82) is 0 Å². The van der Waals surface area contributed by atoms with Crippen molar-refractivity contribution in [3.8, 4) is 0 Å². The molecule has 0 unspecified atom stereocenters. The summed E-state index contributed by atoms with van der Waals surface area (Å²) in [5.41, 5.74) is 0.134. The van der Waals surface area contributed by atoms with Gasteiger partial charge in [-0.15, -0.1) is 0 Å². The maximum Gasteiger partial charge on any atom is 0.244 e. The van der Waals surface area contributed by atoms with Crippen molar-refractivity contribution in [1.82, 2.24) is 15.1 Å². The summed E-state index contributed by atoms with van der Waals surface area (Å²) in [5, 5.41) is 3.37. The number of likely N-dealkylation sites (N-methyl/N-ethyl adjacent to an activating group) is 1. The first kappa shape index (κ1) is 10.5. The fourth-order valence-corrected chi connectivity index (χ4v) is 3.03. The van der Waals surface area contributed by atoms with Crippen molar-refractivity contribution >= 4 is 5.91 Å². The van der Waals surface area contributed by atoms with Gasteiger partial charge in [-0.1, -0.05) is 0 Å². The lowest BCUT2D eigenvalue weighted by Crippen LogP contribution is -2.57. The van der Waals surface area contributed by atoms with E-state index < -0.39 is 0 Å². The second-order valence-electron chi connectivity index (χ2n) is 5.89. The minimum Gasteiger partial charge on any atom is -0.326 e. The van der Waals surface area contributed by atoms with Crippen molar-refractivity contribution in [2.75, 3.05) is 27.3 Å². The Labute approximate surface area is 97.0 Å². The molecule has 2 aliphatic carbocycles. The van der Waals surface area contributed by atoms with E-state index in [9.17, 15) is 4.79 Å². The molecule has 0 aromatic rings. The van der Waals surface area contributed by atoms with Crippen LogP contribution in [0.15, 0.2) is 0 Å². The van der Waals surface area contributed by atoms with E-state index in [0.29, 0.717) is 5.91 Å². The van der Waals surface area contributed by atoms with Gasteiger partial charge in [0.2, 0.25) is 5.91 Å². The normalized spacial score (nSPS) is 29.9. The van der Waals surface area contributed by atoms with E-state index >= 15 is 0 Å².